The van der Waals surface area contributed by atoms with Crippen molar-refractivity contribution in [1.82, 2.24) is 10.2 Å². The summed E-state index contributed by atoms with van der Waals surface area (Å²) in [6, 6.07) is 11.3. The monoisotopic (exact) mass is 262 g/mol. The van der Waals surface area contributed by atoms with Gasteiger partial charge in [-0.25, -0.2) is 0 Å². The second-order valence-corrected chi connectivity index (χ2v) is 5.95. The van der Waals surface area contributed by atoms with Crippen molar-refractivity contribution < 1.29 is 0 Å². The van der Waals surface area contributed by atoms with Crippen molar-refractivity contribution in [2.24, 2.45) is 5.92 Å². The maximum Gasteiger partial charge on any atom is 0.0189 e. The maximum atomic E-state index is 3.55. The molecule has 1 unspecified atom stereocenters. The van der Waals surface area contributed by atoms with Gasteiger partial charge >= 0.3 is 0 Å². The van der Waals surface area contributed by atoms with Gasteiger partial charge in [0.25, 0.3) is 0 Å². The summed E-state index contributed by atoms with van der Waals surface area (Å²) in [6.45, 7) is 10.2. The average Bonchev–Trinajstić information content (AvgIpc) is 2.41. The van der Waals surface area contributed by atoms with Crippen LogP contribution in [0.1, 0.15) is 32.8 Å². The smallest absolute Gasteiger partial charge is 0.0189 e. The fourth-order valence-electron chi connectivity index (χ4n) is 2.03. The van der Waals surface area contributed by atoms with E-state index in [0.717, 1.165) is 32.0 Å². The van der Waals surface area contributed by atoms with Gasteiger partial charge in [0.05, 0.1) is 0 Å². The minimum atomic E-state index is 0.593. The van der Waals surface area contributed by atoms with Gasteiger partial charge in [-0.15, -0.1) is 0 Å². The van der Waals surface area contributed by atoms with Crippen molar-refractivity contribution in [3.05, 3.63) is 35.9 Å². The maximum absolute atomic E-state index is 3.55. The first-order chi connectivity index (χ1) is 9.09. The number of benzene rings is 1. The van der Waals surface area contributed by atoms with E-state index < -0.39 is 0 Å². The predicted molar refractivity (Wildman–Crippen MR) is 84.6 cm³/mol. The molecule has 0 bridgehead atoms. The van der Waals surface area contributed by atoms with E-state index >= 15 is 0 Å². The number of rotatable bonds is 9. The van der Waals surface area contributed by atoms with E-state index in [1.54, 1.807) is 0 Å². The normalized spacial score (nSPS) is 13.2. The zero-order valence-corrected chi connectivity index (χ0v) is 13.0. The number of nitrogens with zero attached hydrogens (tertiary/aromatic N) is 1. The van der Waals surface area contributed by atoms with E-state index in [2.05, 4.69) is 68.4 Å². The van der Waals surface area contributed by atoms with Crippen LogP contribution in [0.5, 0.6) is 0 Å². The number of hydrogen-bond acceptors (Lipinski definition) is 2. The molecule has 0 saturated carbocycles. The molecular formula is C17H30N2. The van der Waals surface area contributed by atoms with Crippen molar-refractivity contribution in [2.45, 2.75) is 39.7 Å². The number of nitrogens with one attached hydrogen (secondary N) is 1. The summed E-state index contributed by atoms with van der Waals surface area (Å²) < 4.78 is 0. The summed E-state index contributed by atoms with van der Waals surface area (Å²) in [6.07, 6.45) is 2.40. The van der Waals surface area contributed by atoms with Crippen molar-refractivity contribution >= 4 is 0 Å². The molecule has 1 aromatic carbocycles. The number of hydrogen-bond donors (Lipinski definition) is 1. The SMILES string of the molecule is CC(C)CCNCC(C)N(C)CCc1ccccc1. The van der Waals surface area contributed by atoms with E-state index in [1.807, 2.05) is 0 Å². The molecule has 1 aromatic rings. The Kier molecular flexibility index (Phi) is 7.76. The molecule has 1 N–H and O–H groups in total. The molecule has 0 spiro atoms. The van der Waals surface area contributed by atoms with Crippen LogP contribution in [0.25, 0.3) is 0 Å². The highest BCUT2D eigenvalue weighted by Crippen LogP contribution is 2.03. The summed E-state index contributed by atoms with van der Waals surface area (Å²) in [7, 11) is 2.22. The van der Waals surface area contributed by atoms with Gasteiger partial charge in [0.15, 0.2) is 0 Å². The summed E-state index contributed by atoms with van der Waals surface area (Å²) in [5.41, 5.74) is 1.43. The van der Waals surface area contributed by atoms with Gasteiger partial charge in [-0.1, -0.05) is 44.2 Å². The summed E-state index contributed by atoms with van der Waals surface area (Å²) in [4.78, 5) is 2.44. The highest BCUT2D eigenvalue weighted by Gasteiger charge is 2.08. The molecular weight excluding hydrogens is 232 g/mol. The van der Waals surface area contributed by atoms with Crippen LogP contribution in [0.3, 0.4) is 0 Å². The second-order valence-electron chi connectivity index (χ2n) is 5.95. The highest BCUT2D eigenvalue weighted by atomic mass is 15.1. The van der Waals surface area contributed by atoms with Crippen LogP contribution in [0.4, 0.5) is 0 Å². The van der Waals surface area contributed by atoms with Gasteiger partial charge in [0.1, 0.15) is 0 Å². The van der Waals surface area contributed by atoms with E-state index in [4.69, 9.17) is 0 Å². The third-order valence-electron chi connectivity index (χ3n) is 3.69. The summed E-state index contributed by atoms with van der Waals surface area (Å²) in [5.74, 6) is 0.790. The molecule has 0 heterocycles. The zero-order chi connectivity index (χ0) is 14.1. The fourth-order valence-corrected chi connectivity index (χ4v) is 2.03. The standard InChI is InChI=1S/C17H30N2/c1-15(2)10-12-18-14-16(3)19(4)13-11-17-8-6-5-7-9-17/h5-9,15-16,18H,10-14H2,1-4H3. The Hall–Kier alpha value is -0.860. The molecule has 0 radical (unpaired) electrons. The lowest BCUT2D eigenvalue weighted by molar-refractivity contribution is 0.253. The quantitative estimate of drug-likeness (QED) is 0.688. The average molecular weight is 262 g/mol. The van der Waals surface area contributed by atoms with Gasteiger partial charge < -0.3 is 10.2 Å². The molecule has 1 rings (SSSR count). The minimum absolute atomic E-state index is 0.593. The first-order valence-electron chi connectivity index (χ1n) is 7.54. The molecule has 108 valence electrons. The van der Waals surface area contributed by atoms with Crippen LogP contribution in [0.2, 0.25) is 0 Å². The van der Waals surface area contributed by atoms with Crippen LogP contribution in [0.15, 0.2) is 30.3 Å². The Morgan fingerprint density at radius 3 is 2.42 bits per heavy atom. The van der Waals surface area contributed by atoms with Gasteiger partial charge in [-0.3, -0.25) is 0 Å². The van der Waals surface area contributed by atoms with E-state index in [9.17, 15) is 0 Å². The summed E-state index contributed by atoms with van der Waals surface area (Å²) in [5, 5.41) is 3.55. The van der Waals surface area contributed by atoms with E-state index in [-0.39, 0.29) is 0 Å². The number of likely N-dealkylation sites (N-methyl/N-ethyl adjacent to an activating group) is 1. The van der Waals surface area contributed by atoms with E-state index in [1.165, 1.54) is 12.0 Å². The zero-order valence-electron chi connectivity index (χ0n) is 13.0. The van der Waals surface area contributed by atoms with Crippen LogP contribution < -0.4 is 5.32 Å². The van der Waals surface area contributed by atoms with Gasteiger partial charge in [0.2, 0.25) is 0 Å². The fraction of sp³-hybridized carbons (Fsp3) is 0.647. The Morgan fingerprint density at radius 2 is 1.79 bits per heavy atom. The third kappa shape index (κ3) is 7.34. The first-order valence-corrected chi connectivity index (χ1v) is 7.54. The lowest BCUT2D eigenvalue weighted by atomic mass is 10.1. The Balaban J connectivity index is 2.16. The van der Waals surface area contributed by atoms with Gasteiger partial charge in [-0.2, -0.15) is 0 Å². The van der Waals surface area contributed by atoms with Crippen molar-refractivity contribution in [3.8, 4) is 0 Å². The van der Waals surface area contributed by atoms with Crippen LogP contribution in [-0.2, 0) is 6.42 Å². The van der Waals surface area contributed by atoms with Crippen LogP contribution in [0, 0.1) is 5.92 Å². The van der Waals surface area contributed by atoms with Crippen molar-refractivity contribution in [3.63, 3.8) is 0 Å². The molecule has 2 nitrogen and oxygen atoms in total. The van der Waals surface area contributed by atoms with Crippen LogP contribution in [-0.4, -0.2) is 37.6 Å². The van der Waals surface area contributed by atoms with Crippen molar-refractivity contribution in [2.75, 3.05) is 26.7 Å². The largest absolute Gasteiger partial charge is 0.315 e. The Bertz CT molecular complexity index is 321. The summed E-state index contributed by atoms with van der Waals surface area (Å²) >= 11 is 0. The Morgan fingerprint density at radius 1 is 1.11 bits per heavy atom. The predicted octanol–water partition coefficient (Wildman–Crippen LogP) is 3.19. The van der Waals surface area contributed by atoms with Crippen molar-refractivity contribution in [1.29, 1.82) is 0 Å². The second kappa shape index (κ2) is 9.11. The molecule has 0 amide bonds. The molecule has 0 fully saturated rings. The first kappa shape index (κ1) is 16.2. The molecule has 0 aliphatic heterocycles. The molecule has 0 aromatic heterocycles. The molecule has 1 atom stereocenters. The molecule has 2 heteroatoms. The van der Waals surface area contributed by atoms with Gasteiger partial charge in [-0.05, 0) is 44.8 Å². The highest BCUT2D eigenvalue weighted by molar-refractivity contribution is 5.14. The molecule has 19 heavy (non-hydrogen) atoms. The van der Waals surface area contributed by atoms with Gasteiger partial charge in [0, 0.05) is 19.1 Å². The van der Waals surface area contributed by atoms with Crippen LogP contribution >= 0.6 is 0 Å². The lowest BCUT2D eigenvalue weighted by Crippen LogP contribution is -2.39. The molecule has 0 saturated heterocycles. The van der Waals surface area contributed by atoms with E-state index in [0.29, 0.717) is 6.04 Å². The Labute approximate surface area is 119 Å². The third-order valence-corrected chi connectivity index (χ3v) is 3.69. The topological polar surface area (TPSA) is 15.3 Å². The molecule has 0 aliphatic rings. The lowest BCUT2D eigenvalue weighted by Gasteiger charge is -2.25. The minimum Gasteiger partial charge on any atom is -0.315 e. The molecule has 0 aliphatic carbocycles.